The van der Waals surface area contributed by atoms with Crippen LogP contribution in [-0.4, -0.2) is 4.57 Å². The van der Waals surface area contributed by atoms with Crippen LogP contribution in [0.4, 0.5) is 0 Å². The smallest absolute Gasteiger partial charge is 0.120 e. The molecule has 0 amide bonds. The van der Waals surface area contributed by atoms with Crippen molar-refractivity contribution in [2.24, 2.45) is 7.05 Å². The van der Waals surface area contributed by atoms with Gasteiger partial charge in [0.25, 0.3) is 0 Å². The van der Waals surface area contributed by atoms with E-state index in [1.165, 1.54) is 10.9 Å². The Hall–Kier alpha value is -1.64. The second-order valence-electron chi connectivity index (χ2n) is 4.68. The lowest BCUT2D eigenvalue weighted by Gasteiger charge is -2.07. The third-order valence-corrected chi connectivity index (χ3v) is 3.99. The molecule has 0 saturated heterocycles. The first kappa shape index (κ1) is 13.3. The minimum absolute atomic E-state index is 0.467. The Morgan fingerprint density at radius 2 is 1.85 bits per heavy atom. The molecule has 102 valence electrons. The van der Waals surface area contributed by atoms with Crippen molar-refractivity contribution in [2.75, 3.05) is 0 Å². The van der Waals surface area contributed by atoms with Crippen LogP contribution in [0.2, 0.25) is 10.0 Å². The number of hydrogen-bond donors (Lipinski definition) is 0. The van der Waals surface area contributed by atoms with Gasteiger partial charge < -0.3 is 9.30 Å². The lowest BCUT2D eigenvalue weighted by molar-refractivity contribution is 0.306. The quantitative estimate of drug-likeness (QED) is 0.659. The molecule has 20 heavy (non-hydrogen) atoms. The molecule has 0 radical (unpaired) electrons. The first-order chi connectivity index (χ1) is 9.63. The van der Waals surface area contributed by atoms with E-state index in [1.807, 2.05) is 37.5 Å². The van der Waals surface area contributed by atoms with Crippen molar-refractivity contribution in [2.45, 2.75) is 6.61 Å². The van der Waals surface area contributed by atoms with Crippen molar-refractivity contribution in [1.82, 2.24) is 4.57 Å². The molecular weight excluding hydrogens is 293 g/mol. The van der Waals surface area contributed by atoms with Gasteiger partial charge in [-0.1, -0.05) is 29.3 Å². The average molecular weight is 306 g/mol. The Bertz CT molecular complexity index is 764. The number of hydrogen-bond acceptors (Lipinski definition) is 1. The minimum atomic E-state index is 0.467. The Labute approximate surface area is 127 Å². The number of aromatic nitrogens is 1. The summed E-state index contributed by atoms with van der Waals surface area (Å²) in [7, 11) is 2.03. The predicted molar refractivity (Wildman–Crippen MR) is 83.7 cm³/mol. The summed E-state index contributed by atoms with van der Waals surface area (Å²) in [6, 6.07) is 13.6. The van der Waals surface area contributed by atoms with Gasteiger partial charge in [-0.3, -0.25) is 0 Å². The summed E-state index contributed by atoms with van der Waals surface area (Å²) in [5.41, 5.74) is 2.18. The zero-order valence-corrected chi connectivity index (χ0v) is 12.4. The van der Waals surface area contributed by atoms with Crippen molar-refractivity contribution in [3.8, 4) is 5.75 Å². The Balaban J connectivity index is 1.77. The van der Waals surface area contributed by atoms with Crippen molar-refractivity contribution in [3.63, 3.8) is 0 Å². The highest BCUT2D eigenvalue weighted by Crippen LogP contribution is 2.25. The molecule has 0 bridgehead atoms. The summed E-state index contributed by atoms with van der Waals surface area (Å²) in [5.74, 6) is 0.842. The summed E-state index contributed by atoms with van der Waals surface area (Å²) in [5, 5.41) is 2.27. The van der Waals surface area contributed by atoms with Crippen LogP contribution in [0.25, 0.3) is 10.9 Å². The molecule has 0 atom stereocenters. The molecule has 1 heterocycles. The molecule has 0 fully saturated rings. The summed E-state index contributed by atoms with van der Waals surface area (Å²) in [6.45, 7) is 0.467. The topological polar surface area (TPSA) is 14.2 Å². The number of fused-ring (bicyclic) bond motifs is 1. The maximum Gasteiger partial charge on any atom is 0.120 e. The number of halogens is 2. The Morgan fingerprint density at radius 1 is 1.00 bits per heavy atom. The second-order valence-corrected chi connectivity index (χ2v) is 5.50. The lowest BCUT2D eigenvalue weighted by atomic mass is 10.2. The van der Waals surface area contributed by atoms with Gasteiger partial charge in [0.05, 0.1) is 10.0 Å². The fraction of sp³-hybridized carbons (Fsp3) is 0.125. The Morgan fingerprint density at radius 3 is 2.65 bits per heavy atom. The van der Waals surface area contributed by atoms with Crippen molar-refractivity contribution < 1.29 is 4.74 Å². The van der Waals surface area contributed by atoms with E-state index in [0.29, 0.717) is 16.7 Å². The van der Waals surface area contributed by atoms with Crippen LogP contribution < -0.4 is 4.74 Å². The SMILES string of the molecule is Cn1ccc2cc(OCc3ccc(Cl)c(Cl)c3)ccc21. The van der Waals surface area contributed by atoms with Crippen LogP contribution in [-0.2, 0) is 13.7 Å². The molecule has 0 aliphatic heterocycles. The monoisotopic (exact) mass is 305 g/mol. The summed E-state index contributed by atoms with van der Waals surface area (Å²) < 4.78 is 7.87. The highest BCUT2D eigenvalue weighted by molar-refractivity contribution is 6.42. The zero-order valence-electron chi connectivity index (χ0n) is 10.9. The van der Waals surface area contributed by atoms with Crippen LogP contribution >= 0.6 is 23.2 Å². The molecular formula is C16H13Cl2NO. The molecule has 0 saturated carbocycles. The summed E-state index contributed by atoms with van der Waals surface area (Å²) in [4.78, 5) is 0. The molecule has 0 N–H and O–H groups in total. The van der Waals surface area contributed by atoms with Crippen LogP contribution in [0.3, 0.4) is 0 Å². The van der Waals surface area contributed by atoms with E-state index >= 15 is 0 Å². The molecule has 4 heteroatoms. The zero-order chi connectivity index (χ0) is 14.1. The first-order valence-corrected chi connectivity index (χ1v) is 7.01. The third-order valence-electron chi connectivity index (χ3n) is 3.25. The van der Waals surface area contributed by atoms with Gasteiger partial charge in [-0.15, -0.1) is 0 Å². The molecule has 0 aliphatic carbocycles. The van der Waals surface area contributed by atoms with Crippen LogP contribution in [0, 0.1) is 0 Å². The van der Waals surface area contributed by atoms with Gasteiger partial charge in [-0.05, 0) is 42.0 Å². The first-order valence-electron chi connectivity index (χ1n) is 6.25. The van der Waals surface area contributed by atoms with Gasteiger partial charge in [-0.25, -0.2) is 0 Å². The van der Waals surface area contributed by atoms with Gasteiger partial charge in [-0.2, -0.15) is 0 Å². The molecule has 2 aromatic carbocycles. The molecule has 3 aromatic rings. The normalized spacial score (nSPS) is 10.9. The number of rotatable bonds is 3. The van der Waals surface area contributed by atoms with E-state index in [2.05, 4.69) is 16.7 Å². The largest absolute Gasteiger partial charge is 0.489 e. The second kappa shape index (κ2) is 5.39. The fourth-order valence-corrected chi connectivity index (χ4v) is 2.47. The van der Waals surface area contributed by atoms with Gasteiger partial charge in [0.1, 0.15) is 12.4 Å². The lowest BCUT2D eigenvalue weighted by Crippen LogP contribution is -1.95. The molecule has 0 unspecified atom stereocenters. The van der Waals surface area contributed by atoms with E-state index < -0.39 is 0 Å². The number of benzene rings is 2. The highest BCUT2D eigenvalue weighted by atomic mass is 35.5. The summed E-state index contributed by atoms with van der Waals surface area (Å²) in [6.07, 6.45) is 2.04. The fourth-order valence-electron chi connectivity index (χ4n) is 2.15. The van der Waals surface area contributed by atoms with Gasteiger partial charge in [0.15, 0.2) is 0 Å². The van der Waals surface area contributed by atoms with Crippen molar-refractivity contribution >= 4 is 34.1 Å². The third kappa shape index (κ3) is 2.62. The maximum absolute atomic E-state index is 5.99. The van der Waals surface area contributed by atoms with E-state index in [9.17, 15) is 0 Å². The van der Waals surface area contributed by atoms with Crippen LogP contribution in [0.15, 0.2) is 48.7 Å². The van der Waals surface area contributed by atoms with E-state index in [1.54, 1.807) is 6.07 Å². The van der Waals surface area contributed by atoms with E-state index in [4.69, 9.17) is 27.9 Å². The number of ether oxygens (including phenoxy) is 1. The summed E-state index contributed by atoms with van der Waals surface area (Å²) >= 11 is 11.9. The van der Waals surface area contributed by atoms with Gasteiger partial charge in [0.2, 0.25) is 0 Å². The van der Waals surface area contributed by atoms with E-state index in [0.717, 1.165) is 11.3 Å². The van der Waals surface area contributed by atoms with Crippen molar-refractivity contribution in [3.05, 3.63) is 64.3 Å². The standard InChI is InChI=1S/C16H13Cl2NO/c1-19-7-6-12-9-13(3-5-16(12)19)20-10-11-2-4-14(17)15(18)8-11/h2-9H,10H2,1H3. The molecule has 0 aliphatic rings. The van der Waals surface area contributed by atoms with Crippen LogP contribution in [0.1, 0.15) is 5.56 Å². The molecule has 2 nitrogen and oxygen atoms in total. The van der Waals surface area contributed by atoms with Crippen molar-refractivity contribution in [1.29, 1.82) is 0 Å². The maximum atomic E-state index is 5.99. The number of aryl methyl sites for hydroxylation is 1. The minimum Gasteiger partial charge on any atom is -0.489 e. The van der Waals surface area contributed by atoms with Gasteiger partial charge in [0, 0.05) is 24.1 Å². The average Bonchev–Trinajstić information content (AvgIpc) is 2.81. The van der Waals surface area contributed by atoms with Gasteiger partial charge >= 0.3 is 0 Å². The van der Waals surface area contributed by atoms with E-state index in [-0.39, 0.29) is 0 Å². The molecule has 1 aromatic heterocycles. The number of nitrogens with zero attached hydrogens (tertiary/aromatic N) is 1. The highest BCUT2D eigenvalue weighted by Gasteiger charge is 2.03. The Kier molecular flexibility index (Phi) is 3.60. The molecule has 0 spiro atoms. The van der Waals surface area contributed by atoms with Crippen LogP contribution in [0.5, 0.6) is 5.75 Å². The predicted octanol–water partition coefficient (Wildman–Crippen LogP) is 5.06. The molecule has 3 rings (SSSR count).